The molecule has 14 heavy (non-hydrogen) atoms. The van der Waals surface area contributed by atoms with Crippen LogP contribution in [0.4, 0.5) is 0 Å². The molecule has 76 valence electrons. The summed E-state index contributed by atoms with van der Waals surface area (Å²) in [6, 6.07) is 5.20. The van der Waals surface area contributed by atoms with Crippen molar-refractivity contribution >= 4 is 16.0 Å². The molecule has 0 aliphatic heterocycles. The Labute approximate surface area is 80.4 Å². The lowest BCUT2D eigenvalue weighted by atomic mass is 10.2. The van der Waals surface area contributed by atoms with Gasteiger partial charge in [-0.3, -0.25) is 5.84 Å². The third-order valence-electron chi connectivity index (χ3n) is 1.56. The summed E-state index contributed by atoms with van der Waals surface area (Å²) in [5.74, 6) is 3.46. The predicted octanol–water partition coefficient (Wildman–Crippen LogP) is -0.463. The first kappa shape index (κ1) is 10.6. The number of nitrogens with two attached hydrogens (primary N) is 1. The van der Waals surface area contributed by atoms with Crippen LogP contribution in [0.3, 0.4) is 0 Å². The van der Waals surface area contributed by atoms with Crippen LogP contribution in [0.1, 0.15) is 10.4 Å². The van der Waals surface area contributed by atoms with E-state index >= 15 is 0 Å². The summed E-state index contributed by atoms with van der Waals surface area (Å²) in [5.41, 5.74) is -0.314. The number of carboxylic acids is 1. The highest BCUT2D eigenvalue weighted by Gasteiger charge is 2.19. The van der Waals surface area contributed by atoms with Crippen LogP contribution < -0.4 is 10.7 Å². The number of hydrogen-bond acceptors (Lipinski definition) is 4. The van der Waals surface area contributed by atoms with Gasteiger partial charge in [0.1, 0.15) is 0 Å². The van der Waals surface area contributed by atoms with Crippen molar-refractivity contribution in [2.24, 2.45) is 5.84 Å². The molecule has 0 unspecified atom stereocenters. The number of nitrogens with one attached hydrogen (secondary N) is 1. The molecule has 1 rings (SSSR count). The van der Waals surface area contributed by atoms with Crippen LogP contribution in [0, 0.1) is 0 Å². The quantitative estimate of drug-likeness (QED) is 0.467. The molecule has 1 aromatic carbocycles. The first-order valence-electron chi connectivity index (χ1n) is 3.54. The minimum absolute atomic E-state index is 0.314. The lowest BCUT2D eigenvalue weighted by Gasteiger charge is -2.04. The van der Waals surface area contributed by atoms with E-state index in [0.29, 0.717) is 0 Å². The molecule has 1 aromatic rings. The highest BCUT2D eigenvalue weighted by atomic mass is 32.2. The molecule has 0 saturated carbocycles. The maximum absolute atomic E-state index is 11.2. The van der Waals surface area contributed by atoms with E-state index in [1.54, 1.807) is 4.83 Å². The fraction of sp³-hybridized carbons (Fsp3) is 0. The minimum Gasteiger partial charge on any atom is -0.478 e. The largest absolute Gasteiger partial charge is 0.478 e. The summed E-state index contributed by atoms with van der Waals surface area (Å²) in [4.78, 5) is 11.9. The highest BCUT2D eigenvalue weighted by Crippen LogP contribution is 2.14. The van der Waals surface area contributed by atoms with Gasteiger partial charge in [-0.2, -0.15) is 4.83 Å². The van der Waals surface area contributed by atoms with Gasteiger partial charge in [-0.25, -0.2) is 13.2 Å². The SMILES string of the molecule is NNS(=O)(=O)c1ccccc1C(=O)O. The molecular formula is C7H8N2O4S. The van der Waals surface area contributed by atoms with Crippen LogP contribution in [0.15, 0.2) is 29.2 Å². The number of hydrazine groups is 1. The lowest BCUT2D eigenvalue weighted by Crippen LogP contribution is -2.31. The molecule has 0 spiro atoms. The highest BCUT2D eigenvalue weighted by molar-refractivity contribution is 7.89. The lowest BCUT2D eigenvalue weighted by molar-refractivity contribution is 0.0692. The van der Waals surface area contributed by atoms with Gasteiger partial charge in [0.05, 0.1) is 10.5 Å². The first-order valence-corrected chi connectivity index (χ1v) is 5.02. The van der Waals surface area contributed by atoms with E-state index in [-0.39, 0.29) is 10.5 Å². The van der Waals surface area contributed by atoms with Crippen molar-refractivity contribution in [3.05, 3.63) is 29.8 Å². The smallest absolute Gasteiger partial charge is 0.337 e. The predicted molar refractivity (Wildman–Crippen MR) is 47.9 cm³/mol. The average molecular weight is 216 g/mol. The van der Waals surface area contributed by atoms with Crippen LogP contribution in [0.2, 0.25) is 0 Å². The summed E-state index contributed by atoms with van der Waals surface area (Å²) in [6.07, 6.45) is 0. The van der Waals surface area contributed by atoms with Crippen molar-refractivity contribution in [3.8, 4) is 0 Å². The van der Waals surface area contributed by atoms with Crippen LogP contribution >= 0.6 is 0 Å². The van der Waals surface area contributed by atoms with Crippen LogP contribution in [0.25, 0.3) is 0 Å². The van der Waals surface area contributed by atoms with E-state index in [4.69, 9.17) is 10.9 Å². The van der Waals surface area contributed by atoms with Gasteiger partial charge in [-0.15, -0.1) is 0 Å². The summed E-state index contributed by atoms with van der Waals surface area (Å²) in [7, 11) is -3.93. The average Bonchev–Trinajstić information content (AvgIpc) is 2.18. The normalized spacial score (nSPS) is 11.2. The number of hydrogen-bond donors (Lipinski definition) is 3. The van der Waals surface area contributed by atoms with E-state index in [2.05, 4.69) is 0 Å². The van der Waals surface area contributed by atoms with Crippen molar-refractivity contribution in [3.63, 3.8) is 0 Å². The third kappa shape index (κ3) is 1.90. The number of benzene rings is 1. The molecule has 0 bridgehead atoms. The van der Waals surface area contributed by atoms with E-state index in [1.807, 2.05) is 0 Å². The van der Waals surface area contributed by atoms with Crippen molar-refractivity contribution in [2.45, 2.75) is 4.90 Å². The van der Waals surface area contributed by atoms with Crippen molar-refractivity contribution in [1.29, 1.82) is 0 Å². The van der Waals surface area contributed by atoms with Gasteiger partial charge in [0.15, 0.2) is 0 Å². The van der Waals surface area contributed by atoms with Crippen LogP contribution in [-0.2, 0) is 10.0 Å². The van der Waals surface area contributed by atoms with Crippen LogP contribution in [-0.4, -0.2) is 19.5 Å². The molecule has 6 nitrogen and oxygen atoms in total. The maximum atomic E-state index is 11.2. The molecule has 0 fully saturated rings. The zero-order valence-electron chi connectivity index (χ0n) is 6.97. The molecule has 4 N–H and O–H groups in total. The Morgan fingerprint density at radius 2 is 1.93 bits per heavy atom. The minimum atomic E-state index is -3.93. The van der Waals surface area contributed by atoms with Gasteiger partial charge in [-0.05, 0) is 12.1 Å². The molecule has 0 atom stereocenters. The number of sulfonamides is 1. The molecule has 0 heterocycles. The molecule has 7 heteroatoms. The maximum Gasteiger partial charge on any atom is 0.337 e. The summed E-state index contributed by atoms with van der Waals surface area (Å²) >= 11 is 0. The van der Waals surface area contributed by atoms with Crippen LogP contribution in [0.5, 0.6) is 0 Å². The van der Waals surface area contributed by atoms with Gasteiger partial charge in [0.25, 0.3) is 10.0 Å². The number of aromatic carboxylic acids is 1. The van der Waals surface area contributed by atoms with Crippen molar-refractivity contribution in [2.75, 3.05) is 0 Å². The topological polar surface area (TPSA) is 109 Å². The molecule has 0 radical (unpaired) electrons. The molecule has 0 saturated heterocycles. The second kappa shape index (κ2) is 3.74. The monoisotopic (exact) mass is 216 g/mol. The second-order valence-electron chi connectivity index (χ2n) is 2.42. The van der Waals surface area contributed by atoms with Gasteiger partial charge >= 0.3 is 5.97 Å². The van der Waals surface area contributed by atoms with Gasteiger partial charge in [0.2, 0.25) is 0 Å². The molecule has 0 aliphatic carbocycles. The Balaban J connectivity index is 3.42. The number of rotatable bonds is 3. The third-order valence-corrected chi connectivity index (χ3v) is 2.81. The van der Waals surface area contributed by atoms with E-state index in [9.17, 15) is 13.2 Å². The van der Waals surface area contributed by atoms with Crippen molar-refractivity contribution < 1.29 is 18.3 Å². The Morgan fingerprint density at radius 3 is 2.43 bits per heavy atom. The van der Waals surface area contributed by atoms with E-state index in [0.717, 1.165) is 0 Å². The summed E-state index contributed by atoms with van der Waals surface area (Å²) in [5, 5.41) is 8.69. The van der Waals surface area contributed by atoms with Gasteiger partial charge < -0.3 is 5.11 Å². The Hall–Kier alpha value is -1.44. The Kier molecular flexibility index (Phi) is 2.84. The fourth-order valence-corrected chi connectivity index (χ4v) is 1.77. The second-order valence-corrected chi connectivity index (χ2v) is 4.11. The van der Waals surface area contributed by atoms with Gasteiger partial charge in [-0.1, -0.05) is 12.1 Å². The standard InChI is InChI=1S/C7H8N2O4S/c8-9-14(12,13)6-4-2-1-3-5(6)7(10)11/h1-4,9H,8H2,(H,10,11). The Morgan fingerprint density at radius 1 is 1.36 bits per heavy atom. The fourth-order valence-electron chi connectivity index (χ4n) is 0.941. The Bertz CT molecular complexity index is 455. The van der Waals surface area contributed by atoms with E-state index in [1.165, 1.54) is 24.3 Å². The molecule has 0 aromatic heterocycles. The van der Waals surface area contributed by atoms with Gasteiger partial charge in [0, 0.05) is 0 Å². The number of carbonyl (C=O) groups is 1. The van der Waals surface area contributed by atoms with Crippen molar-refractivity contribution in [1.82, 2.24) is 4.83 Å². The summed E-state index contributed by atoms with van der Waals surface area (Å²) < 4.78 is 22.5. The molecule has 0 amide bonds. The van der Waals surface area contributed by atoms with E-state index < -0.39 is 16.0 Å². The molecular weight excluding hydrogens is 208 g/mol. The number of carboxylic acid groups (broad SMARTS) is 1. The molecule has 0 aliphatic rings. The summed E-state index contributed by atoms with van der Waals surface area (Å²) in [6.45, 7) is 0. The zero-order chi connectivity index (χ0) is 10.8. The first-order chi connectivity index (χ1) is 6.49. The zero-order valence-corrected chi connectivity index (χ0v) is 7.78.